The first-order chi connectivity index (χ1) is 22.4. The molecule has 4 aliphatic rings. The van der Waals surface area contributed by atoms with E-state index in [2.05, 4.69) is 0 Å². The number of imide groups is 2. The quantitative estimate of drug-likeness (QED) is 0.299. The van der Waals surface area contributed by atoms with Crippen LogP contribution in [0.1, 0.15) is 23.2 Å². The SMILES string of the molecule is COc1ccc(N2C(=O)[C@@H]3[C@@H](C2=O)N2[C@@H](c4ccccc4)[C@@H]4C(=O)N(c5ccc(OC)cc5)C(=O)[C@@H]4N2[C@@H]3c2ccccc2)cc1. The predicted molar refractivity (Wildman–Crippen MR) is 168 cm³/mol. The van der Waals surface area contributed by atoms with Crippen molar-refractivity contribution in [3.05, 3.63) is 120 Å². The Labute approximate surface area is 265 Å². The van der Waals surface area contributed by atoms with E-state index in [-0.39, 0.29) is 11.8 Å². The van der Waals surface area contributed by atoms with E-state index in [1.54, 1.807) is 62.8 Å². The minimum absolute atomic E-state index is 0.351. The Hall–Kier alpha value is -5.32. The Kier molecular flexibility index (Phi) is 6.52. The number of hydrogen-bond donors (Lipinski definition) is 0. The molecule has 4 aromatic rings. The van der Waals surface area contributed by atoms with Gasteiger partial charge in [-0.15, -0.1) is 0 Å². The van der Waals surface area contributed by atoms with Crippen molar-refractivity contribution in [3.8, 4) is 11.5 Å². The van der Waals surface area contributed by atoms with Crippen LogP contribution in [0, 0.1) is 11.8 Å². The standard InChI is InChI=1S/C36H30N4O6/c1-45-25-17-13-23(14-18-25)37-33(41)27-29(21-9-5-3-6-10-21)40-32-28(30(22-11-7-4-8-12-22)39(40)31(27)35(37)43)34(42)38(36(32)44)24-15-19-26(46-2)20-16-24/h3-20,27-32H,1-2H3/t27-,28-,29-,30+,31+,32-/m0/s1. The summed E-state index contributed by atoms with van der Waals surface area (Å²) in [5.74, 6) is -1.92. The molecule has 0 aliphatic carbocycles. The number of amides is 4. The van der Waals surface area contributed by atoms with Crippen LogP contribution in [0.5, 0.6) is 11.5 Å². The lowest BCUT2D eigenvalue weighted by molar-refractivity contribution is -0.136. The topological polar surface area (TPSA) is 99.7 Å². The number of methoxy groups -OCH3 is 2. The maximum absolute atomic E-state index is 14.5. The minimum Gasteiger partial charge on any atom is -0.497 e. The molecule has 0 bridgehead atoms. The zero-order chi connectivity index (χ0) is 31.7. The third-order valence-electron chi connectivity index (χ3n) is 9.67. The van der Waals surface area contributed by atoms with Gasteiger partial charge in [-0.3, -0.25) is 19.2 Å². The first-order valence-electron chi connectivity index (χ1n) is 15.1. The Morgan fingerprint density at radius 2 is 0.783 bits per heavy atom. The third-order valence-corrected chi connectivity index (χ3v) is 9.67. The van der Waals surface area contributed by atoms with Crippen LogP contribution in [0.2, 0.25) is 0 Å². The molecule has 0 saturated carbocycles. The number of rotatable bonds is 6. The van der Waals surface area contributed by atoms with E-state index < -0.39 is 47.8 Å². The van der Waals surface area contributed by atoms with Crippen molar-refractivity contribution in [2.45, 2.75) is 24.2 Å². The fourth-order valence-corrected chi connectivity index (χ4v) is 7.77. The number of carbonyl (C=O) groups is 4. The van der Waals surface area contributed by atoms with Gasteiger partial charge in [0.05, 0.1) is 49.5 Å². The molecule has 4 aliphatic heterocycles. The van der Waals surface area contributed by atoms with Crippen molar-refractivity contribution in [2.24, 2.45) is 11.8 Å². The molecule has 4 amide bonds. The molecular formula is C36H30N4O6. The molecule has 0 aromatic heterocycles. The van der Waals surface area contributed by atoms with E-state index >= 15 is 0 Å². The van der Waals surface area contributed by atoms with Crippen LogP contribution in [-0.2, 0) is 19.2 Å². The maximum Gasteiger partial charge on any atom is 0.253 e. The highest BCUT2D eigenvalue weighted by Crippen LogP contribution is 2.59. The van der Waals surface area contributed by atoms with Crippen LogP contribution in [0.25, 0.3) is 0 Å². The largest absolute Gasteiger partial charge is 0.497 e. The van der Waals surface area contributed by atoms with Crippen molar-refractivity contribution in [3.63, 3.8) is 0 Å². The Balaban J connectivity index is 1.29. The molecule has 0 N–H and O–H groups in total. The van der Waals surface area contributed by atoms with Gasteiger partial charge >= 0.3 is 0 Å². The maximum atomic E-state index is 14.5. The van der Waals surface area contributed by atoms with E-state index in [1.165, 1.54) is 9.80 Å². The van der Waals surface area contributed by atoms with E-state index in [9.17, 15) is 19.2 Å². The summed E-state index contributed by atoms with van der Waals surface area (Å²) >= 11 is 0. The number of benzene rings is 4. The van der Waals surface area contributed by atoms with Gasteiger partial charge in [-0.05, 0) is 59.7 Å². The lowest BCUT2D eigenvalue weighted by Crippen LogP contribution is -2.50. The summed E-state index contributed by atoms with van der Waals surface area (Å²) in [6.45, 7) is 0. The number of anilines is 2. The molecule has 8 rings (SSSR count). The summed E-state index contributed by atoms with van der Waals surface area (Å²) in [6, 6.07) is 29.3. The molecule has 6 atom stereocenters. The predicted octanol–water partition coefficient (Wildman–Crippen LogP) is 4.15. The molecule has 0 unspecified atom stereocenters. The number of fused-ring (bicyclic) bond motifs is 5. The summed E-state index contributed by atoms with van der Waals surface area (Å²) in [5, 5.41) is 3.75. The monoisotopic (exact) mass is 614 g/mol. The molecular weight excluding hydrogens is 584 g/mol. The third kappa shape index (κ3) is 3.90. The molecule has 10 nitrogen and oxygen atoms in total. The van der Waals surface area contributed by atoms with Crippen LogP contribution < -0.4 is 19.3 Å². The molecule has 230 valence electrons. The van der Waals surface area contributed by atoms with Crippen LogP contribution in [0.15, 0.2) is 109 Å². The average Bonchev–Trinajstić information content (AvgIpc) is 3.77. The molecule has 4 fully saturated rings. The van der Waals surface area contributed by atoms with Gasteiger partial charge in [0.15, 0.2) is 0 Å². The van der Waals surface area contributed by atoms with E-state index in [0.29, 0.717) is 22.9 Å². The summed E-state index contributed by atoms with van der Waals surface area (Å²) in [5.41, 5.74) is 2.45. The number of hydrazine groups is 1. The molecule has 4 saturated heterocycles. The Bertz CT molecular complexity index is 1710. The first kappa shape index (κ1) is 28.2. The highest BCUT2D eigenvalue weighted by molar-refractivity contribution is 6.26. The Morgan fingerprint density at radius 3 is 1.11 bits per heavy atom. The van der Waals surface area contributed by atoms with Crippen molar-refractivity contribution in [1.29, 1.82) is 0 Å². The number of hydrogen-bond acceptors (Lipinski definition) is 8. The average molecular weight is 615 g/mol. The van der Waals surface area contributed by atoms with Gasteiger partial charge in [-0.1, -0.05) is 60.7 Å². The molecule has 4 aromatic carbocycles. The van der Waals surface area contributed by atoms with Gasteiger partial charge in [0.2, 0.25) is 11.8 Å². The second kappa shape index (κ2) is 10.6. The van der Waals surface area contributed by atoms with Crippen LogP contribution in [0.4, 0.5) is 11.4 Å². The lowest BCUT2D eigenvalue weighted by Gasteiger charge is -2.35. The van der Waals surface area contributed by atoms with E-state index in [0.717, 1.165) is 11.1 Å². The number of carbonyl (C=O) groups excluding carboxylic acids is 4. The van der Waals surface area contributed by atoms with Crippen molar-refractivity contribution < 1.29 is 28.7 Å². The lowest BCUT2D eigenvalue weighted by atomic mass is 9.84. The van der Waals surface area contributed by atoms with Gasteiger partial charge in [-0.25, -0.2) is 19.8 Å². The molecule has 0 spiro atoms. The number of nitrogens with zero attached hydrogens (tertiary/aromatic N) is 4. The molecule has 46 heavy (non-hydrogen) atoms. The first-order valence-corrected chi connectivity index (χ1v) is 15.1. The summed E-state index contributed by atoms with van der Waals surface area (Å²) in [7, 11) is 3.11. The molecule has 10 heteroatoms. The summed E-state index contributed by atoms with van der Waals surface area (Å²) in [4.78, 5) is 60.3. The van der Waals surface area contributed by atoms with Crippen LogP contribution in [0.3, 0.4) is 0 Å². The van der Waals surface area contributed by atoms with Crippen molar-refractivity contribution >= 4 is 35.0 Å². The zero-order valence-corrected chi connectivity index (χ0v) is 25.1. The van der Waals surface area contributed by atoms with Gasteiger partial charge in [0.25, 0.3) is 11.8 Å². The number of ether oxygens (including phenoxy) is 2. The highest BCUT2D eigenvalue weighted by Gasteiger charge is 2.73. The Morgan fingerprint density at radius 1 is 0.435 bits per heavy atom. The van der Waals surface area contributed by atoms with Gasteiger partial charge in [0, 0.05) is 0 Å². The highest BCUT2D eigenvalue weighted by atomic mass is 16.5. The van der Waals surface area contributed by atoms with E-state index in [1.807, 2.05) is 70.7 Å². The van der Waals surface area contributed by atoms with Gasteiger partial charge < -0.3 is 9.47 Å². The van der Waals surface area contributed by atoms with Crippen LogP contribution in [-0.4, -0.2) is 59.9 Å². The van der Waals surface area contributed by atoms with Crippen LogP contribution >= 0.6 is 0 Å². The fourth-order valence-electron chi connectivity index (χ4n) is 7.77. The van der Waals surface area contributed by atoms with E-state index in [4.69, 9.17) is 9.47 Å². The summed E-state index contributed by atoms with van der Waals surface area (Å²) < 4.78 is 10.6. The second-order valence-electron chi connectivity index (χ2n) is 11.8. The van der Waals surface area contributed by atoms with Gasteiger partial charge in [-0.2, -0.15) is 0 Å². The molecule has 0 radical (unpaired) electrons. The smallest absolute Gasteiger partial charge is 0.253 e. The fraction of sp³-hybridized carbons (Fsp3) is 0.222. The second-order valence-corrected chi connectivity index (χ2v) is 11.8. The molecule has 4 heterocycles. The normalized spacial score (nSPS) is 27.3. The zero-order valence-electron chi connectivity index (χ0n) is 25.1. The summed E-state index contributed by atoms with van der Waals surface area (Å²) in [6.07, 6.45) is 0. The van der Waals surface area contributed by atoms with Gasteiger partial charge in [0.1, 0.15) is 23.6 Å². The van der Waals surface area contributed by atoms with Crippen molar-refractivity contribution in [1.82, 2.24) is 10.0 Å². The van der Waals surface area contributed by atoms with Crippen molar-refractivity contribution in [2.75, 3.05) is 24.0 Å². The minimum atomic E-state index is -0.925.